The van der Waals surface area contributed by atoms with Crippen LogP contribution in [0.4, 0.5) is 0 Å². The number of nitrogens with two attached hydrogens (primary N) is 1. The van der Waals surface area contributed by atoms with E-state index in [1.807, 2.05) is 0 Å². The van der Waals surface area contributed by atoms with Crippen molar-refractivity contribution in [2.24, 2.45) is 5.73 Å². The minimum Gasteiger partial charge on any atom is -0.481 e. The molecule has 0 saturated heterocycles. The van der Waals surface area contributed by atoms with Gasteiger partial charge in [-0.15, -0.1) is 0 Å². The average Bonchev–Trinajstić information content (AvgIpc) is 3.07. The lowest BCUT2D eigenvalue weighted by Gasteiger charge is -2.20. The number of aromatic nitrogens is 2. The van der Waals surface area contributed by atoms with Crippen LogP contribution in [-0.4, -0.2) is 23.7 Å². The SMILES string of the molecule is COc1nc(C2(N)CC2)nc2c1CCOC2. The third kappa shape index (κ3) is 1.47. The zero-order valence-corrected chi connectivity index (χ0v) is 9.32. The van der Waals surface area contributed by atoms with Gasteiger partial charge in [0.2, 0.25) is 5.88 Å². The number of ether oxygens (including phenoxy) is 2. The molecule has 3 rings (SSSR count). The second kappa shape index (κ2) is 3.40. The fourth-order valence-corrected chi connectivity index (χ4v) is 1.97. The maximum absolute atomic E-state index is 6.10. The van der Waals surface area contributed by atoms with Crippen LogP contribution in [0.3, 0.4) is 0 Å². The van der Waals surface area contributed by atoms with Crippen molar-refractivity contribution in [2.75, 3.05) is 13.7 Å². The molecule has 2 N–H and O–H groups in total. The number of hydrogen-bond acceptors (Lipinski definition) is 5. The molecule has 86 valence electrons. The lowest BCUT2D eigenvalue weighted by atomic mass is 10.1. The summed E-state index contributed by atoms with van der Waals surface area (Å²) in [5.74, 6) is 1.37. The van der Waals surface area contributed by atoms with E-state index in [9.17, 15) is 0 Å². The summed E-state index contributed by atoms with van der Waals surface area (Å²) in [7, 11) is 1.64. The summed E-state index contributed by atoms with van der Waals surface area (Å²) in [6.07, 6.45) is 2.72. The fourth-order valence-electron chi connectivity index (χ4n) is 1.97. The van der Waals surface area contributed by atoms with E-state index in [0.29, 0.717) is 24.9 Å². The zero-order chi connectivity index (χ0) is 11.2. The van der Waals surface area contributed by atoms with Crippen molar-refractivity contribution >= 4 is 0 Å². The summed E-state index contributed by atoms with van der Waals surface area (Å²) in [4.78, 5) is 8.94. The normalized spacial score (nSPS) is 21.4. The summed E-state index contributed by atoms with van der Waals surface area (Å²) in [6, 6.07) is 0. The molecule has 1 saturated carbocycles. The Morgan fingerprint density at radius 3 is 2.88 bits per heavy atom. The van der Waals surface area contributed by atoms with E-state index in [0.717, 1.165) is 30.5 Å². The van der Waals surface area contributed by atoms with E-state index in [1.165, 1.54) is 0 Å². The Morgan fingerprint density at radius 1 is 1.38 bits per heavy atom. The third-order valence-electron chi connectivity index (χ3n) is 3.22. The predicted molar refractivity (Wildman–Crippen MR) is 57.0 cm³/mol. The van der Waals surface area contributed by atoms with Crippen molar-refractivity contribution in [3.63, 3.8) is 0 Å². The van der Waals surface area contributed by atoms with Gasteiger partial charge >= 0.3 is 0 Å². The molecule has 1 aromatic rings. The molecule has 1 aliphatic carbocycles. The first kappa shape index (κ1) is 9.99. The molecule has 0 atom stereocenters. The molecule has 2 heterocycles. The van der Waals surface area contributed by atoms with Crippen LogP contribution in [-0.2, 0) is 23.3 Å². The molecular weight excluding hydrogens is 206 g/mol. The summed E-state index contributed by atoms with van der Waals surface area (Å²) >= 11 is 0. The van der Waals surface area contributed by atoms with E-state index >= 15 is 0 Å². The van der Waals surface area contributed by atoms with Crippen LogP contribution < -0.4 is 10.5 Å². The number of methoxy groups -OCH3 is 1. The Balaban J connectivity index is 2.09. The van der Waals surface area contributed by atoms with Gasteiger partial charge in [0.05, 0.1) is 31.6 Å². The van der Waals surface area contributed by atoms with Gasteiger partial charge < -0.3 is 15.2 Å². The second-order valence-corrected chi connectivity index (χ2v) is 4.44. The fraction of sp³-hybridized carbons (Fsp3) is 0.636. The van der Waals surface area contributed by atoms with Gasteiger partial charge in [0, 0.05) is 12.0 Å². The van der Waals surface area contributed by atoms with Crippen molar-refractivity contribution in [1.82, 2.24) is 9.97 Å². The maximum atomic E-state index is 6.10. The highest BCUT2D eigenvalue weighted by atomic mass is 16.5. The topological polar surface area (TPSA) is 70.3 Å². The summed E-state index contributed by atoms with van der Waals surface area (Å²) in [5.41, 5.74) is 7.79. The highest BCUT2D eigenvalue weighted by molar-refractivity contribution is 5.34. The molecule has 0 unspecified atom stereocenters. The first-order valence-electron chi connectivity index (χ1n) is 5.54. The average molecular weight is 221 g/mol. The molecule has 0 spiro atoms. The molecule has 0 bridgehead atoms. The molecule has 5 nitrogen and oxygen atoms in total. The standard InChI is InChI=1S/C11H15N3O2/c1-15-9-7-2-5-16-6-8(7)13-10(14-9)11(12)3-4-11/h2-6,12H2,1H3. The molecule has 16 heavy (non-hydrogen) atoms. The van der Waals surface area contributed by atoms with Crippen molar-refractivity contribution < 1.29 is 9.47 Å². The molecule has 1 aromatic heterocycles. The van der Waals surface area contributed by atoms with Gasteiger partial charge in [0.1, 0.15) is 0 Å². The highest BCUT2D eigenvalue weighted by Gasteiger charge is 2.44. The Bertz CT molecular complexity index is 412. The zero-order valence-electron chi connectivity index (χ0n) is 9.32. The van der Waals surface area contributed by atoms with Crippen molar-refractivity contribution in [2.45, 2.75) is 31.4 Å². The molecular formula is C11H15N3O2. The van der Waals surface area contributed by atoms with Crippen molar-refractivity contribution in [1.29, 1.82) is 0 Å². The van der Waals surface area contributed by atoms with Crippen LogP contribution in [0.15, 0.2) is 0 Å². The second-order valence-electron chi connectivity index (χ2n) is 4.44. The molecule has 0 amide bonds. The van der Waals surface area contributed by atoms with E-state index in [4.69, 9.17) is 15.2 Å². The molecule has 0 aromatic carbocycles. The van der Waals surface area contributed by atoms with Gasteiger partial charge in [-0.05, 0) is 12.8 Å². The lowest BCUT2D eigenvalue weighted by molar-refractivity contribution is 0.105. The Labute approximate surface area is 94.0 Å². The van der Waals surface area contributed by atoms with Crippen LogP contribution in [0.5, 0.6) is 5.88 Å². The Kier molecular flexibility index (Phi) is 2.12. The smallest absolute Gasteiger partial charge is 0.220 e. The van der Waals surface area contributed by atoms with E-state index in [1.54, 1.807) is 7.11 Å². The van der Waals surface area contributed by atoms with E-state index in [2.05, 4.69) is 9.97 Å². The van der Waals surface area contributed by atoms with E-state index < -0.39 is 0 Å². The molecule has 5 heteroatoms. The number of nitrogens with zero attached hydrogens (tertiary/aromatic N) is 2. The molecule has 0 radical (unpaired) electrons. The number of hydrogen-bond donors (Lipinski definition) is 1. The number of fused-ring (bicyclic) bond motifs is 1. The Hall–Kier alpha value is -1.20. The third-order valence-corrected chi connectivity index (χ3v) is 3.22. The van der Waals surface area contributed by atoms with Crippen LogP contribution in [0.25, 0.3) is 0 Å². The van der Waals surface area contributed by atoms with Crippen LogP contribution in [0.1, 0.15) is 29.9 Å². The van der Waals surface area contributed by atoms with Crippen LogP contribution in [0.2, 0.25) is 0 Å². The van der Waals surface area contributed by atoms with Crippen LogP contribution >= 0.6 is 0 Å². The van der Waals surface area contributed by atoms with Gasteiger partial charge in [-0.1, -0.05) is 0 Å². The molecule has 1 fully saturated rings. The quantitative estimate of drug-likeness (QED) is 0.787. The lowest BCUT2D eigenvalue weighted by Crippen LogP contribution is -2.25. The van der Waals surface area contributed by atoms with Crippen molar-refractivity contribution in [3.8, 4) is 5.88 Å². The molecule has 2 aliphatic rings. The maximum Gasteiger partial charge on any atom is 0.220 e. The van der Waals surface area contributed by atoms with Gasteiger partial charge in [-0.2, -0.15) is 4.98 Å². The number of rotatable bonds is 2. The minimum absolute atomic E-state index is 0.320. The first-order valence-corrected chi connectivity index (χ1v) is 5.54. The van der Waals surface area contributed by atoms with Gasteiger partial charge in [0.25, 0.3) is 0 Å². The van der Waals surface area contributed by atoms with Crippen molar-refractivity contribution in [3.05, 3.63) is 17.1 Å². The summed E-state index contributed by atoms with van der Waals surface area (Å²) in [6.45, 7) is 1.25. The largest absolute Gasteiger partial charge is 0.481 e. The monoisotopic (exact) mass is 221 g/mol. The van der Waals surface area contributed by atoms with Crippen LogP contribution in [0, 0.1) is 0 Å². The predicted octanol–water partition coefficient (Wildman–Crippen LogP) is 0.506. The van der Waals surface area contributed by atoms with E-state index in [-0.39, 0.29) is 5.54 Å². The first-order chi connectivity index (χ1) is 7.73. The minimum atomic E-state index is -0.320. The van der Waals surface area contributed by atoms with Gasteiger partial charge in [-0.3, -0.25) is 0 Å². The molecule has 1 aliphatic heterocycles. The van der Waals surface area contributed by atoms with Gasteiger partial charge in [-0.25, -0.2) is 4.98 Å². The highest BCUT2D eigenvalue weighted by Crippen LogP contribution is 2.42. The summed E-state index contributed by atoms with van der Waals surface area (Å²) < 4.78 is 10.7. The Morgan fingerprint density at radius 2 is 2.19 bits per heavy atom. The van der Waals surface area contributed by atoms with Gasteiger partial charge in [0.15, 0.2) is 5.82 Å². The summed E-state index contributed by atoms with van der Waals surface area (Å²) in [5, 5.41) is 0.